The van der Waals surface area contributed by atoms with Gasteiger partial charge in [-0.25, -0.2) is 4.79 Å². The predicted octanol–water partition coefficient (Wildman–Crippen LogP) is 2.19. The van der Waals surface area contributed by atoms with E-state index in [1.54, 1.807) is 18.2 Å². The molecule has 0 bridgehead atoms. The first-order valence-corrected chi connectivity index (χ1v) is 7.12. The van der Waals surface area contributed by atoms with Crippen molar-refractivity contribution in [3.63, 3.8) is 0 Å². The largest absolute Gasteiger partial charge is 0.478 e. The van der Waals surface area contributed by atoms with Crippen molar-refractivity contribution in [3.8, 4) is 0 Å². The summed E-state index contributed by atoms with van der Waals surface area (Å²) >= 11 is 0. The first-order chi connectivity index (χ1) is 9.49. The summed E-state index contributed by atoms with van der Waals surface area (Å²) in [5.41, 5.74) is 0.641. The number of sulfonamides is 1. The summed E-state index contributed by atoms with van der Waals surface area (Å²) in [5, 5.41) is 8.75. The van der Waals surface area contributed by atoms with Crippen LogP contribution in [0, 0.1) is 0 Å². The van der Waals surface area contributed by atoms with E-state index < -0.39 is 16.0 Å². The molecular weight excluding hydrogens is 278 g/mol. The number of hydrogen-bond donors (Lipinski definition) is 1. The number of hydrogen-bond acceptors (Lipinski definition) is 3. The highest BCUT2D eigenvalue weighted by molar-refractivity contribution is 7.90. The van der Waals surface area contributed by atoms with Gasteiger partial charge < -0.3 is 5.11 Å². The fourth-order valence-corrected chi connectivity index (χ4v) is 2.38. The van der Waals surface area contributed by atoms with Crippen LogP contribution in [0.3, 0.4) is 0 Å². The fourth-order valence-electron chi connectivity index (χ4n) is 1.50. The van der Waals surface area contributed by atoms with E-state index in [1.807, 2.05) is 0 Å². The molecule has 102 valence electrons. The van der Waals surface area contributed by atoms with Gasteiger partial charge in [0.25, 0.3) is 10.0 Å². The van der Waals surface area contributed by atoms with E-state index in [0.717, 1.165) is 0 Å². The highest BCUT2D eigenvalue weighted by Gasteiger charge is 2.10. The Kier molecular flexibility index (Phi) is 3.95. The minimum atomic E-state index is -3.73. The number of carboxylic acids is 1. The second-order valence-electron chi connectivity index (χ2n) is 3.95. The standard InChI is InChI=1S/C14H11NO4S/c16-14(17)12-8-6-11(7-9-12)10-15-20(18,19)13-4-2-1-3-5-13/h1-10H,(H,16,17). The van der Waals surface area contributed by atoms with Gasteiger partial charge >= 0.3 is 5.97 Å². The van der Waals surface area contributed by atoms with Gasteiger partial charge in [0.1, 0.15) is 0 Å². The third kappa shape index (κ3) is 3.30. The Labute approximate surface area is 116 Å². The number of nitrogens with zero attached hydrogens (tertiary/aromatic N) is 1. The molecule has 0 aliphatic rings. The van der Waals surface area contributed by atoms with Crippen LogP contribution in [-0.4, -0.2) is 25.7 Å². The fraction of sp³-hybridized carbons (Fsp3) is 0. The second kappa shape index (κ2) is 5.66. The quantitative estimate of drug-likeness (QED) is 0.874. The number of carbonyl (C=O) groups is 1. The number of rotatable bonds is 4. The third-order valence-electron chi connectivity index (χ3n) is 2.54. The van der Waals surface area contributed by atoms with Gasteiger partial charge in [0.15, 0.2) is 0 Å². The summed E-state index contributed by atoms with van der Waals surface area (Å²) in [6.45, 7) is 0. The summed E-state index contributed by atoms with van der Waals surface area (Å²) in [6, 6.07) is 13.6. The summed E-state index contributed by atoms with van der Waals surface area (Å²) in [6.07, 6.45) is 1.19. The lowest BCUT2D eigenvalue weighted by Crippen LogP contribution is -1.98. The van der Waals surface area contributed by atoms with E-state index in [4.69, 9.17) is 5.11 Å². The average molecular weight is 289 g/mol. The van der Waals surface area contributed by atoms with Crippen LogP contribution in [0.5, 0.6) is 0 Å². The van der Waals surface area contributed by atoms with Gasteiger partial charge in [0, 0.05) is 6.21 Å². The van der Waals surface area contributed by atoms with Crippen molar-refractivity contribution in [3.05, 3.63) is 65.7 Å². The first-order valence-electron chi connectivity index (χ1n) is 5.68. The molecule has 2 aromatic rings. The van der Waals surface area contributed by atoms with Crippen LogP contribution in [0.1, 0.15) is 15.9 Å². The molecule has 0 radical (unpaired) electrons. The molecule has 2 rings (SSSR count). The van der Waals surface area contributed by atoms with E-state index in [-0.39, 0.29) is 10.5 Å². The zero-order chi connectivity index (χ0) is 14.6. The lowest BCUT2D eigenvalue weighted by molar-refractivity contribution is 0.0697. The number of aromatic carboxylic acids is 1. The molecule has 1 N–H and O–H groups in total. The van der Waals surface area contributed by atoms with Crippen molar-refractivity contribution >= 4 is 22.2 Å². The Morgan fingerprint density at radius 2 is 1.60 bits per heavy atom. The molecule has 0 aromatic heterocycles. The molecule has 0 heterocycles. The number of carboxylic acid groups (broad SMARTS) is 1. The van der Waals surface area contributed by atoms with Crippen LogP contribution in [0.2, 0.25) is 0 Å². The maximum atomic E-state index is 11.9. The molecule has 2 aromatic carbocycles. The Morgan fingerprint density at radius 1 is 1.00 bits per heavy atom. The van der Waals surface area contributed by atoms with Gasteiger partial charge in [-0.1, -0.05) is 30.3 Å². The van der Waals surface area contributed by atoms with E-state index in [1.165, 1.54) is 42.6 Å². The number of benzene rings is 2. The predicted molar refractivity (Wildman–Crippen MR) is 74.6 cm³/mol. The Balaban J connectivity index is 2.23. The summed E-state index contributed by atoms with van der Waals surface area (Å²) < 4.78 is 27.3. The molecular formula is C14H11NO4S. The van der Waals surface area contributed by atoms with Crippen LogP contribution in [0.4, 0.5) is 0 Å². The summed E-state index contributed by atoms with van der Waals surface area (Å²) in [7, 11) is -3.73. The van der Waals surface area contributed by atoms with Crippen molar-refractivity contribution in [1.29, 1.82) is 0 Å². The maximum Gasteiger partial charge on any atom is 0.335 e. The third-order valence-corrected chi connectivity index (χ3v) is 3.79. The molecule has 0 amide bonds. The maximum absolute atomic E-state index is 11.9. The molecule has 6 heteroatoms. The lowest BCUT2D eigenvalue weighted by Gasteiger charge is -1.98. The summed E-state index contributed by atoms with van der Waals surface area (Å²) in [4.78, 5) is 10.8. The smallest absolute Gasteiger partial charge is 0.335 e. The summed E-state index contributed by atoms with van der Waals surface area (Å²) in [5.74, 6) is -1.04. The van der Waals surface area contributed by atoms with Crippen molar-refractivity contribution in [1.82, 2.24) is 0 Å². The average Bonchev–Trinajstić information content (AvgIpc) is 2.46. The molecule has 0 fully saturated rings. The lowest BCUT2D eigenvalue weighted by atomic mass is 10.1. The molecule has 0 spiro atoms. The van der Waals surface area contributed by atoms with Crippen LogP contribution >= 0.6 is 0 Å². The van der Waals surface area contributed by atoms with Crippen LogP contribution in [-0.2, 0) is 10.0 Å². The molecule has 0 aliphatic carbocycles. The monoisotopic (exact) mass is 289 g/mol. The van der Waals surface area contributed by atoms with Crippen LogP contribution in [0.25, 0.3) is 0 Å². The Bertz CT molecular complexity index is 735. The van der Waals surface area contributed by atoms with Gasteiger partial charge in [-0.15, -0.1) is 0 Å². The van der Waals surface area contributed by atoms with E-state index >= 15 is 0 Å². The van der Waals surface area contributed by atoms with Crippen molar-refractivity contribution in [2.45, 2.75) is 4.90 Å². The zero-order valence-corrected chi connectivity index (χ0v) is 11.1. The molecule has 0 unspecified atom stereocenters. The Morgan fingerprint density at radius 3 is 2.15 bits per heavy atom. The molecule has 0 atom stereocenters. The van der Waals surface area contributed by atoms with Gasteiger partial charge in [-0.05, 0) is 29.8 Å². The van der Waals surface area contributed by atoms with Gasteiger partial charge in [0.2, 0.25) is 0 Å². The molecule has 5 nitrogen and oxygen atoms in total. The zero-order valence-electron chi connectivity index (χ0n) is 10.3. The highest BCUT2D eigenvalue weighted by Crippen LogP contribution is 2.11. The minimum absolute atomic E-state index is 0.110. The van der Waals surface area contributed by atoms with E-state index in [9.17, 15) is 13.2 Å². The van der Waals surface area contributed by atoms with E-state index in [0.29, 0.717) is 5.56 Å². The van der Waals surface area contributed by atoms with Crippen LogP contribution < -0.4 is 0 Å². The molecule has 20 heavy (non-hydrogen) atoms. The van der Waals surface area contributed by atoms with Crippen molar-refractivity contribution in [2.75, 3.05) is 0 Å². The minimum Gasteiger partial charge on any atom is -0.478 e. The Hall–Kier alpha value is -2.47. The molecule has 0 aliphatic heterocycles. The molecule has 0 saturated heterocycles. The van der Waals surface area contributed by atoms with Gasteiger partial charge in [0.05, 0.1) is 10.5 Å². The normalized spacial score (nSPS) is 11.6. The van der Waals surface area contributed by atoms with Gasteiger partial charge in [-0.2, -0.15) is 12.8 Å². The van der Waals surface area contributed by atoms with E-state index in [2.05, 4.69) is 4.40 Å². The van der Waals surface area contributed by atoms with Crippen molar-refractivity contribution < 1.29 is 18.3 Å². The topological polar surface area (TPSA) is 83.8 Å². The van der Waals surface area contributed by atoms with Gasteiger partial charge in [-0.3, -0.25) is 0 Å². The molecule has 0 saturated carbocycles. The SMILES string of the molecule is O=C(O)c1ccc(C=NS(=O)(=O)c2ccccc2)cc1. The van der Waals surface area contributed by atoms with Crippen molar-refractivity contribution in [2.24, 2.45) is 4.40 Å². The highest BCUT2D eigenvalue weighted by atomic mass is 32.2. The van der Waals surface area contributed by atoms with Crippen LogP contribution in [0.15, 0.2) is 63.9 Å². The first kappa shape index (κ1) is 14.0. The second-order valence-corrected chi connectivity index (χ2v) is 5.58.